The second kappa shape index (κ2) is 10.6. The summed E-state index contributed by atoms with van der Waals surface area (Å²) in [7, 11) is 0. The standard InChI is InChI=1S/C21H24N4O5S/c1-2-9-29-16-7-5-14(6-8-16)19(27)22-21(31)24-23-20(28)15-11-18(26)25(12-15)13-17-4-3-10-30-17/h3-8,10,15H,2,9,11-13H2,1H3,(H,23,28)(H2,22,24,27,31). The van der Waals surface area contributed by atoms with Crippen LogP contribution in [0.1, 0.15) is 35.9 Å². The monoisotopic (exact) mass is 444 g/mol. The molecule has 1 aromatic carbocycles. The molecule has 0 bridgehead atoms. The summed E-state index contributed by atoms with van der Waals surface area (Å²) in [6, 6.07) is 10.2. The van der Waals surface area contributed by atoms with Gasteiger partial charge in [0.15, 0.2) is 5.11 Å². The van der Waals surface area contributed by atoms with E-state index in [-0.39, 0.29) is 29.9 Å². The largest absolute Gasteiger partial charge is 0.494 e. The zero-order chi connectivity index (χ0) is 22.2. The molecule has 1 atom stereocenters. The fraction of sp³-hybridized carbons (Fsp3) is 0.333. The maximum Gasteiger partial charge on any atom is 0.257 e. The van der Waals surface area contributed by atoms with Crippen LogP contribution in [0.5, 0.6) is 5.75 Å². The number of rotatable bonds is 7. The Morgan fingerprint density at radius 3 is 2.68 bits per heavy atom. The molecule has 1 fully saturated rings. The lowest BCUT2D eigenvalue weighted by atomic mass is 10.1. The molecule has 10 heteroatoms. The minimum atomic E-state index is -0.524. The maximum atomic E-state index is 12.4. The van der Waals surface area contributed by atoms with Gasteiger partial charge in [0.05, 0.1) is 25.3 Å². The van der Waals surface area contributed by atoms with E-state index in [0.29, 0.717) is 30.2 Å². The Morgan fingerprint density at radius 1 is 1.23 bits per heavy atom. The van der Waals surface area contributed by atoms with Crippen LogP contribution in [-0.2, 0) is 16.1 Å². The molecule has 0 saturated carbocycles. The van der Waals surface area contributed by atoms with E-state index in [9.17, 15) is 14.4 Å². The van der Waals surface area contributed by atoms with E-state index in [4.69, 9.17) is 21.4 Å². The van der Waals surface area contributed by atoms with Crippen molar-refractivity contribution < 1.29 is 23.5 Å². The number of thiocarbonyl (C=S) groups is 1. The summed E-state index contributed by atoms with van der Waals surface area (Å²) in [4.78, 5) is 38.3. The first-order valence-electron chi connectivity index (χ1n) is 9.90. The van der Waals surface area contributed by atoms with Crippen LogP contribution in [0.4, 0.5) is 0 Å². The first-order valence-corrected chi connectivity index (χ1v) is 10.3. The third-order valence-corrected chi connectivity index (χ3v) is 4.83. The van der Waals surface area contributed by atoms with Crippen molar-refractivity contribution in [3.05, 3.63) is 54.0 Å². The van der Waals surface area contributed by atoms with Crippen molar-refractivity contribution in [2.75, 3.05) is 13.2 Å². The normalized spacial score (nSPS) is 15.5. The predicted molar refractivity (Wildman–Crippen MR) is 116 cm³/mol. The Morgan fingerprint density at radius 2 is 2.00 bits per heavy atom. The van der Waals surface area contributed by atoms with Crippen LogP contribution < -0.4 is 20.9 Å². The quantitative estimate of drug-likeness (QED) is 0.441. The van der Waals surface area contributed by atoms with Crippen LogP contribution in [0.15, 0.2) is 47.1 Å². The van der Waals surface area contributed by atoms with Crippen LogP contribution >= 0.6 is 12.2 Å². The van der Waals surface area contributed by atoms with Crippen LogP contribution in [0, 0.1) is 5.92 Å². The molecule has 31 heavy (non-hydrogen) atoms. The summed E-state index contributed by atoms with van der Waals surface area (Å²) in [5.41, 5.74) is 5.35. The van der Waals surface area contributed by atoms with Crippen LogP contribution in [0.3, 0.4) is 0 Å². The molecule has 2 aromatic rings. The van der Waals surface area contributed by atoms with Gasteiger partial charge in [-0.3, -0.25) is 30.6 Å². The molecule has 1 unspecified atom stereocenters. The molecule has 1 aromatic heterocycles. The zero-order valence-corrected chi connectivity index (χ0v) is 17.9. The van der Waals surface area contributed by atoms with E-state index in [2.05, 4.69) is 16.2 Å². The van der Waals surface area contributed by atoms with E-state index in [1.165, 1.54) is 6.26 Å². The highest BCUT2D eigenvalue weighted by Crippen LogP contribution is 2.20. The number of nitrogens with zero attached hydrogens (tertiary/aromatic N) is 1. The van der Waals surface area contributed by atoms with Crippen molar-refractivity contribution in [3.63, 3.8) is 0 Å². The number of furan rings is 1. The van der Waals surface area contributed by atoms with Crippen LogP contribution in [0.25, 0.3) is 0 Å². The Balaban J connectivity index is 1.42. The van der Waals surface area contributed by atoms with Crippen molar-refractivity contribution >= 4 is 35.1 Å². The molecule has 0 aliphatic carbocycles. The number of benzene rings is 1. The number of likely N-dealkylation sites (tertiary alicyclic amines) is 1. The fourth-order valence-corrected chi connectivity index (χ4v) is 3.18. The van der Waals surface area contributed by atoms with E-state index in [1.54, 1.807) is 41.3 Å². The summed E-state index contributed by atoms with van der Waals surface area (Å²) >= 11 is 5.06. The second-order valence-corrected chi connectivity index (χ2v) is 7.43. The number of hydrogen-bond donors (Lipinski definition) is 3. The van der Waals surface area contributed by atoms with Gasteiger partial charge < -0.3 is 14.1 Å². The molecule has 0 radical (unpaired) electrons. The average molecular weight is 445 g/mol. The lowest BCUT2D eigenvalue weighted by Crippen LogP contribution is -2.50. The molecule has 0 spiro atoms. The molecule has 1 aliphatic heterocycles. The van der Waals surface area contributed by atoms with Gasteiger partial charge in [-0.1, -0.05) is 6.92 Å². The lowest BCUT2D eigenvalue weighted by Gasteiger charge is -2.16. The molecule has 3 rings (SSSR count). The van der Waals surface area contributed by atoms with Crippen molar-refractivity contribution in [2.24, 2.45) is 5.92 Å². The van der Waals surface area contributed by atoms with Crippen molar-refractivity contribution in [3.8, 4) is 5.75 Å². The minimum absolute atomic E-state index is 0.0542. The van der Waals surface area contributed by atoms with Gasteiger partial charge in [0.25, 0.3) is 5.91 Å². The molecule has 3 N–H and O–H groups in total. The fourth-order valence-electron chi connectivity index (χ4n) is 3.04. The Hall–Kier alpha value is -3.40. The number of hydrazine groups is 1. The molecule has 1 saturated heterocycles. The molecular weight excluding hydrogens is 420 g/mol. The van der Waals surface area contributed by atoms with Gasteiger partial charge in [-0.25, -0.2) is 0 Å². The highest BCUT2D eigenvalue weighted by Gasteiger charge is 2.34. The number of nitrogens with one attached hydrogen (secondary N) is 3. The third-order valence-electron chi connectivity index (χ3n) is 4.63. The molecule has 164 valence electrons. The maximum absolute atomic E-state index is 12.4. The Labute approximate surface area is 185 Å². The summed E-state index contributed by atoms with van der Waals surface area (Å²) in [5, 5.41) is 2.43. The second-order valence-electron chi connectivity index (χ2n) is 7.03. The smallest absolute Gasteiger partial charge is 0.257 e. The van der Waals surface area contributed by atoms with Crippen molar-refractivity contribution in [2.45, 2.75) is 26.3 Å². The number of amides is 3. The van der Waals surface area contributed by atoms with Gasteiger partial charge in [0, 0.05) is 18.5 Å². The lowest BCUT2D eigenvalue weighted by molar-refractivity contribution is -0.129. The van der Waals surface area contributed by atoms with E-state index >= 15 is 0 Å². The summed E-state index contributed by atoms with van der Waals surface area (Å²) in [6.07, 6.45) is 2.53. The highest BCUT2D eigenvalue weighted by molar-refractivity contribution is 7.80. The van der Waals surface area contributed by atoms with Gasteiger partial charge in [-0.15, -0.1) is 0 Å². The molecule has 2 heterocycles. The average Bonchev–Trinajstić information content (AvgIpc) is 3.41. The van der Waals surface area contributed by atoms with Gasteiger partial charge in [-0.2, -0.15) is 0 Å². The van der Waals surface area contributed by atoms with Crippen molar-refractivity contribution in [1.29, 1.82) is 0 Å². The Bertz CT molecular complexity index is 930. The SMILES string of the molecule is CCCOc1ccc(C(=O)NC(=S)NNC(=O)C2CC(=O)N(Cc3ccco3)C2)cc1. The summed E-state index contributed by atoms with van der Waals surface area (Å²) in [5.74, 6) is -0.123. The highest BCUT2D eigenvalue weighted by atomic mass is 32.1. The number of ether oxygens (including phenoxy) is 1. The zero-order valence-electron chi connectivity index (χ0n) is 17.1. The number of hydrogen-bond acceptors (Lipinski definition) is 6. The van der Waals surface area contributed by atoms with Crippen LogP contribution in [0.2, 0.25) is 0 Å². The minimum Gasteiger partial charge on any atom is -0.494 e. The number of carbonyl (C=O) groups is 3. The number of carbonyl (C=O) groups excluding carboxylic acids is 3. The van der Waals surface area contributed by atoms with Crippen LogP contribution in [-0.4, -0.2) is 40.9 Å². The Kier molecular flexibility index (Phi) is 7.60. The van der Waals surface area contributed by atoms with Gasteiger partial charge in [0.2, 0.25) is 11.8 Å². The van der Waals surface area contributed by atoms with Crippen molar-refractivity contribution in [1.82, 2.24) is 21.1 Å². The van der Waals surface area contributed by atoms with Gasteiger partial charge >= 0.3 is 0 Å². The van der Waals surface area contributed by atoms with E-state index in [0.717, 1.165) is 6.42 Å². The molecule has 1 aliphatic rings. The predicted octanol–water partition coefficient (Wildman–Crippen LogP) is 1.75. The molecule has 9 nitrogen and oxygen atoms in total. The topological polar surface area (TPSA) is 113 Å². The van der Waals surface area contributed by atoms with Gasteiger partial charge in [-0.05, 0) is 55.0 Å². The van der Waals surface area contributed by atoms with Gasteiger partial charge in [0.1, 0.15) is 11.5 Å². The summed E-state index contributed by atoms with van der Waals surface area (Å²) < 4.78 is 10.7. The third kappa shape index (κ3) is 6.29. The first-order chi connectivity index (χ1) is 15.0. The van der Waals surface area contributed by atoms with E-state index < -0.39 is 11.8 Å². The molecular formula is C21H24N4O5S. The van der Waals surface area contributed by atoms with E-state index in [1.807, 2.05) is 6.92 Å². The first kappa shape index (κ1) is 22.3. The molecule has 3 amide bonds. The summed E-state index contributed by atoms with van der Waals surface area (Å²) in [6.45, 7) is 3.21.